The highest BCUT2D eigenvalue weighted by Crippen LogP contribution is 2.23. The number of benzene rings is 1. The van der Waals surface area contributed by atoms with Gasteiger partial charge in [0, 0.05) is 12.1 Å². The Morgan fingerprint density at radius 3 is 2.72 bits per heavy atom. The van der Waals surface area contributed by atoms with Crippen LogP contribution >= 0.6 is 0 Å². The van der Waals surface area contributed by atoms with Gasteiger partial charge < -0.3 is 10.1 Å². The molecule has 0 heterocycles. The van der Waals surface area contributed by atoms with Gasteiger partial charge in [0.1, 0.15) is 5.75 Å². The molecular formula is C13H20N2O3. The second-order valence-corrected chi connectivity index (χ2v) is 4.29. The van der Waals surface area contributed by atoms with E-state index in [1.807, 2.05) is 6.07 Å². The Balaban J connectivity index is 2.75. The van der Waals surface area contributed by atoms with Crippen LogP contribution in [0.4, 0.5) is 5.69 Å². The highest BCUT2D eigenvalue weighted by molar-refractivity contribution is 5.42. The Bertz CT molecular complexity index is 407. The summed E-state index contributed by atoms with van der Waals surface area (Å²) < 4.78 is 5.08. The highest BCUT2D eigenvalue weighted by atomic mass is 16.6. The van der Waals surface area contributed by atoms with Crippen LogP contribution in [0.2, 0.25) is 0 Å². The van der Waals surface area contributed by atoms with Gasteiger partial charge in [-0.05, 0) is 37.9 Å². The van der Waals surface area contributed by atoms with Gasteiger partial charge in [0.25, 0.3) is 5.69 Å². The number of non-ortho nitro benzene ring substituents is 1. The number of nitrogens with one attached hydrogen (secondary N) is 1. The summed E-state index contributed by atoms with van der Waals surface area (Å²) in [6.07, 6.45) is 1.74. The molecule has 1 atom stereocenters. The summed E-state index contributed by atoms with van der Waals surface area (Å²) in [5, 5.41) is 14.1. The van der Waals surface area contributed by atoms with Gasteiger partial charge in [0.15, 0.2) is 0 Å². The molecule has 0 aliphatic rings. The van der Waals surface area contributed by atoms with Crippen LogP contribution in [0, 0.1) is 10.1 Å². The standard InChI is InChI=1S/C13H20N2O3/c1-4-14-10(2)5-6-11-7-12(15(16)17)9-13(8-11)18-3/h7-10,14H,4-6H2,1-3H3. The fraction of sp³-hybridized carbons (Fsp3) is 0.538. The Morgan fingerprint density at radius 2 is 2.17 bits per heavy atom. The first-order chi connectivity index (χ1) is 8.56. The molecule has 5 heteroatoms. The molecule has 0 saturated heterocycles. The molecule has 0 radical (unpaired) electrons. The summed E-state index contributed by atoms with van der Waals surface area (Å²) in [6.45, 7) is 5.10. The van der Waals surface area contributed by atoms with Crippen molar-refractivity contribution in [3.63, 3.8) is 0 Å². The molecular weight excluding hydrogens is 232 g/mol. The molecule has 1 N–H and O–H groups in total. The van der Waals surface area contributed by atoms with Gasteiger partial charge in [-0.2, -0.15) is 0 Å². The Labute approximate surface area is 107 Å². The molecule has 0 aliphatic carbocycles. The van der Waals surface area contributed by atoms with Gasteiger partial charge in [0.2, 0.25) is 0 Å². The molecule has 1 unspecified atom stereocenters. The molecule has 0 saturated carbocycles. The third kappa shape index (κ3) is 4.33. The molecule has 0 aromatic heterocycles. The number of rotatable bonds is 7. The maximum Gasteiger partial charge on any atom is 0.273 e. The average Bonchev–Trinajstić information content (AvgIpc) is 2.36. The predicted octanol–water partition coefficient (Wildman–Crippen LogP) is 2.53. The van der Waals surface area contributed by atoms with Crippen molar-refractivity contribution in [1.29, 1.82) is 0 Å². The molecule has 1 aromatic rings. The number of nitrogens with zero attached hydrogens (tertiary/aromatic N) is 1. The maximum atomic E-state index is 10.8. The molecule has 5 nitrogen and oxygen atoms in total. The van der Waals surface area contributed by atoms with Crippen molar-refractivity contribution in [3.8, 4) is 5.75 Å². The lowest BCUT2D eigenvalue weighted by Gasteiger charge is -2.12. The summed E-state index contributed by atoms with van der Waals surface area (Å²) in [4.78, 5) is 10.4. The van der Waals surface area contributed by atoms with Crippen LogP contribution in [0.15, 0.2) is 18.2 Å². The van der Waals surface area contributed by atoms with Crippen molar-refractivity contribution in [2.75, 3.05) is 13.7 Å². The third-order valence-electron chi connectivity index (χ3n) is 2.82. The number of methoxy groups -OCH3 is 1. The number of hydrogen-bond acceptors (Lipinski definition) is 4. The van der Waals surface area contributed by atoms with Crippen molar-refractivity contribution in [2.24, 2.45) is 0 Å². The fourth-order valence-corrected chi connectivity index (χ4v) is 1.84. The lowest BCUT2D eigenvalue weighted by molar-refractivity contribution is -0.385. The van der Waals surface area contributed by atoms with Crippen molar-refractivity contribution >= 4 is 5.69 Å². The number of nitro benzene ring substituents is 1. The Hall–Kier alpha value is -1.62. The topological polar surface area (TPSA) is 64.4 Å². The Kier molecular flexibility index (Phi) is 5.58. The minimum atomic E-state index is -0.389. The first-order valence-corrected chi connectivity index (χ1v) is 6.12. The van der Waals surface area contributed by atoms with Gasteiger partial charge in [0.05, 0.1) is 18.1 Å². The van der Waals surface area contributed by atoms with E-state index >= 15 is 0 Å². The van der Waals surface area contributed by atoms with E-state index in [2.05, 4.69) is 19.2 Å². The molecule has 1 aromatic carbocycles. The van der Waals surface area contributed by atoms with E-state index < -0.39 is 0 Å². The first-order valence-electron chi connectivity index (χ1n) is 6.12. The zero-order chi connectivity index (χ0) is 13.5. The Morgan fingerprint density at radius 1 is 1.44 bits per heavy atom. The number of nitro groups is 1. The summed E-state index contributed by atoms with van der Waals surface area (Å²) >= 11 is 0. The van der Waals surface area contributed by atoms with E-state index in [1.165, 1.54) is 13.2 Å². The third-order valence-corrected chi connectivity index (χ3v) is 2.82. The quantitative estimate of drug-likeness (QED) is 0.598. The zero-order valence-corrected chi connectivity index (χ0v) is 11.1. The van der Waals surface area contributed by atoms with Gasteiger partial charge in [-0.15, -0.1) is 0 Å². The van der Waals surface area contributed by atoms with Crippen molar-refractivity contribution < 1.29 is 9.66 Å². The number of ether oxygens (including phenoxy) is 1. The van der Waals surface area contributed by atoms with Gasteiger partial charge in [-0.25, -0.2) is 0 Å². The first kappa shape index (κ1) is 14.4. The summed E-state index contributed by atoms with van der Waals surface area (Å²) in [5.41, 5.74) is 1.02. The molecule has 1 rings (SSSR count). The van der Waals surface area contributed by atoms with Crippen LogP contribution in [-0.2, 0) is 6.42 Å². The number of aryl methyl sites for hydroxylation is 1. The minimum absolute atomic E-state index is 0.0838. The van der Waals surface area contributed by atoms with E-state index in [-0.39, 0.29) is 10.6 Å². The summed E-state index contributed by atoms with van der Waals surface area (Å²) in [6, 6.07) is 5.31. The van der Waals surface area contributed by atoms with Crippen LogP contribution in [-0.4, -0.2) is 24.6 Å². The van der Waals surface area contributed by atoms with E-state index in [4.69, 9.17) is 4.74 Å². The van der Waals surface area contributed by atoms with E-state index in [0.717, 1.165) is 24.9 Å². The summed E-state index contributed by atoms with van der Waals surface area (Å²) in [7, 11) is 1.52. The van der Waals surface area contributed by atoms with Gasteiger partial charge in [-0.1, -0.05) is 6.92 Å². The van der Waals surface area contributed by atoms with Gasteiger partial charge >= 0.3 is 0 Å². The normalized spacial score (nSPS) is 12.2. The van der Waals surface area contributed by atoms with Crippen molar-refractivity contribution in [2.45, 2.75) is 32.7 Å². The van der Waals surface area contributed by atoms with Crippen LogP contribution in [0.3, 0.4) is 0 Å². The lowest BCUT2D eigenvalue weighted by Crippen LogP contribution is -2.25. The molecule has 0 fully saturated rings. The largest absolute Gasteiger partial charge is 0.496 e. The van der Waals surface area contributed by atoms with Crippen LogP contribution in [0.1, 0.15) is 25.8 Å². The van der Waals surface area contributed by atoms with Crippen molar-refractivity contribution in [3.05, 3.63) is 33.9 Å². The monoisotopic (exact) mass is 252 g/mol. The minimum Gasteiger partial charge on any atom is -0.496 e. The highest BCUT2D eigenvalue weighted by Gasteiger charge is 2.10. The van der Waals surface area contributed by atoms with Crippen LogP contribution in [0.5, 0.6) is 5.75 Å². The molecule has 0 bridgehead atoms. The fourth-order valence-electron chi connectivity index (χ4n) is 1.84. The maximum absolute atomic E-state index is 10.8. The number of hydrogen-bond donors (Lipinski definition) is 1. The SMILES string of the molecule is CCNC(C)CCc1cc(OC)cc([N+](=O)[O-])c1. The van der Waals surface area contributed by atoms with Crippen LogP contribution < -0.4 is 10.1 Å². The van der Waals surface area contributed by atoms with Crippen LogP contribution in [0.25, 0.3) is 0 Å². The average molecular weight is 252 g/mol. The smallest absolute Gasteiger partial charge is 0.273 e. The van der Waals surface area contributed by atoms with E-state index in [9.17, 15) is 10.1 Å². The predicted molar refractivity (Wildman–Crippen MR) is 71.1 cm³/mol. The molecule has 0 amide bonds. The second kappa shape index (κ2) is 6.96. The van der Waals surface area contributed by atoms with Gasteiger partial charge in [-0.3, -0.25) is 10.1 Å². The molecule has 100 valence electrons. The second-order valence-electron chi connectivity index (χ2n) is 4.29. The van der Waals surface area contributed by atoms with E-state index in [0.29, 0.717) is 11.8 Å². The van der Waals surface area contributed by atoms with Crippen molar-refractivity contribution in [1.82, 2.24) is 5.32 Å². The zero-order valence-electron chi connectivity index (χ0n) is 11.1. The lowest BCUT2D eigenvalue weighted by atomic mass is 10.1. The molecule has 0 aliphatic heterocycles. The summed E-state index contributed by atoms with van der Waals surface area (Å²) in [5.74, 6) is 0.537. The molecule has 0 spiro atoms. The molecule has 18 heavy (non-hydrogen) atoms. The van der Waals surface area contributed by atoms with E-state index in [1.54, 1.807) is 6.07 Å².